The normalized spacial score (nSPS) is 12.8. The third-order valence-electron chi connectivity index (χ3n) is 3.54. The molecule has 0 bridgehead atoms. The van der Waals surface area contributed by atoms with Gasteiger partial charge in [-0.2, -0.15) is 0 Å². The van der Waals surface area contributed by atoms with Crippen molar-refractivity contribution in [3.05, 3.63) is 0 Å². The second kappa shape index (κ2) is 19.2. The number of ether oxygens (including phenoxy) is 2. The summed E-state index contributed by atoms with van der Waals surface area (Å²) >= 11 is 0. The molecule has 24 heavy (non-hydrogen) atoms. The van der Waals surface area contributed by atoms with Gasteiger partial charge in [-0.25, -0.2) is 0 Å². The van der Waals surface area contributed by atoms with Gasteiger partial charge in [-0.3, -0.25) is 4.99 Å². The Hall–Kier alpha value is -0.0800. The van der Waals surface area contributed by atoms with E-state index >= 15 is 0 Å². The standard InChI is InChI=1S/C18H39N3O2.HI/c1-6-19-18(21-17(4)11-9-10-16(2)3)20-12-7-8-13-23-15-14-22-5;/h16-17H,6-15H2,1-5H3,(H2,19,20,21);1H. The van der Waals surface area contributed by atoms with Crippen LogP contribution >= 0.6 is 24.0 Å². The number of hydrogen-bond acceptors (Lipinski definition) is 3. The van der Waals surface area contributed by atoms with Crippen LogP contribution in [-0.4, -0.2) is 52.0 Å². The number of rotatable bonds is 14. The first-order valence-corrected chi connectivity index (χ1v) is 9.21. The Morgan fingerprint density at radius 2 is 1.75 bits per heavy atom. The molecular formula is C18H40IN3O2. The zero-order chi connectivity index (χ0) is 17.3. The first kappa shape index (κ1) is 26.2. The molecule has 0 spiro atoms. The van der Waals surface area contributed by atoms with Gasteiger partial charge in [0.25, 0.3) is 0 Å². The summed E-state index contributed by atoms with van der Waals surface area (Å²) in [5.41, 5.74) is 0. The molecule has 0 aliphatic heterocycles. The maximum Gasteiger partial charge on any atom is 0.191 e. The van der Waals surface area contributed by atoms with Crippen LogP contribution in [0.3, 0.4) is 0 Å². The van der Waals surface area contributed by atoms with Crippen LogP contribution in [0.25, 0.3) is 0 Å². The Morgan fingerprint density at radius 3 is 2.38 bits per heavy atom. The molecule has 0 amide bonds. The summed E-state index contributed by atoms with van der Waals surface area (Å²) in [6.45, 7) is 12.8. The van der Waals surface area contributed by atoms with Crippen LogP contribution < -0.4 is 10.6 Å². The number of methoxy groups -OCH3 is 1. The second-order valence-corrected chi connectivity index (χ2v) is 6.44. The summed E-state index contributed by atoms with van der Waals surface area (Å²) in [5, 5.41) is 6.82. The fourth-order valence-corrected chi connectivity index (χ4v) is 2.21. The van der Waals surface area contributed by atoms with Gasteiger partial charge in [0, 0.05) is 32.8 Å². The summed E-state index contributed by atoms with van der Waals surface area (Å²) in [6, 6.07) is 0.462. The van der Waals surface area contributed by atoms with E-state index in [9.17, 15) is 0 Å². The quantitative estimate of drug-likeness (QED) is 0.180. The molecule has 0 aliphatic rings. The molecule has 5 nitrogen and oxygen atoms in total. The van der Waals surface area contributed by atoms with Crippen LogP contribution in [0.2, 0.25) is 0 Å². The van der Waals surface area contributed by atoms with Crippen molar-refractivity contribution in [1.29, 1.82) is 0 Å². The summed E-state index contributed by atoms with van der Waals surface area (Å²) < 4.78 is 10.4. The van der Waals surface area contributed by atoms with Crippen LogP contribution in [-0.2, 0) is 9.47 Å². The largest absolute Gasteiger partial charge is 0.382 e. The molecule has 6 heteroatoms. The molecule has 0 aromatic rings. The minimum absolute atomic E-state index is 0. The lowest BCUT2D eigenvalue weighted by atomic mass is 10.0. The van der Waals surface area contributed by atoms with Gasteiger partial charge in [-0.1, -0.05) is 26.7 Å². The molecule has 0 aliphatic carbocycles. The van der Waals surface area contributed by atoms with E-state index < -0.39 is 0 Å². The zero-order valence-corrected chi connectivity index (χ0v) is 18.7. The molecule has 0 heterocycles. The number of aliphatic imine (C=N–C) groups is 1. The van der Waals surface area contributed by atoms with E-state index in [0.29, 0.717) is 19.3 Å². The van der Waals surface area contributed by atoms with Crippen LogP contribution in [0.5, 0.6) is 0 Å². The van der Waals surface area contributed by atoms with E-state index in [-0.39, 0.29) is 24.0 Å². The Labute approximate surface area is 166 Å². The van der Waals surface area contributed by atoms with Gasteiger partial charge in [-0.05, 0) is 39.0 Å². The first-order valence-electron chi connectivity index (χ1n) is 9.21. The van der Waals surface area contributed by atoms with Gasteiger partial charge in [0.15, 0.2) is 5.96 Å². The number of nitrogens with zero attached hydrogens (tertiary/aromatic N) is 1. The van der Waals surface area contributed by atoms with Crippen LogP contribution in [0.4, 0.5) is 0 Å². The topological polar surface area (TPSA) is 54.9 Å². The number of halogens is 1. The van der Waals surface area contributed by atoms with Crippen LogP contribution in [0, 0.1) is 5.92 Å². The number of nitrogens with one attached hydrogen (secondary N) is 2. The minimum atomic E-state index is 0. The van der Waals surface area contributed by atoms with E-state index in [1.165, 1.54) is 19.3 Å². The summed E-state index contributed by atoms with van der Waals surface area (Å²) in [7, 11) is 1.69. The van der Waals surface area contributed by atoms with Gasteiger partial charge >= 0.3 is 0 Å². The van der Waals surface area contributed by atoms with Gasteiger partial charge < -0.3 is 20.1 Å². The van der Waals surface area contributed by atoms with Crippen LogP contribution in [0.1, 0.15) is 59.8 Å². The van der Waals surface area contributed by atoms with Crippen molar-refractivity contribution in [3.8, 4) is 0 Å². The first-order chi connectivity index (χ1) is 11.1. The van der Waals surface area contributed by atoms with Crippen molar-refractivity contribution >= 4 is 29.9 Å². The van der Waals surface area contributed by atoms with Crippen molar-refractivity contribution in [1.82, 2.24) is 10.6 Å². The average molecular weight is 457 g/mol. The van der Waals surface area contributed by atoms with Crippen molar-refractivity contribution in [2.24, 2.45) is 10.9 Å². The van der Waals surface area contributed by atoms with Crippen molar-refractivity contribution < 1.29 is 9.47 Å². The van der Waals surface area contributed by atoms with Gasteiger partial charge in [0.05, 0.1) is 13.2 Å². The van der Waals surface area contributed by atoms with E-state index in [2.05, 4.69) is 43.3 Å². The van der Waals surface area contributed by atoms with Gasteiger partial charge in [0.1, 0.15) is 0 Å². The number of guanidine groups is 1. The molecule has 0 saturated carbocycles. The molecule has 0 radical (unpaired) electrons. The Balaban J connectivity index is 0. The third-order valence-corrected chi connectivity index (χ3v) is 3.54. The van der Waals surface area contributed by atoms with Crippen LogP contribution in [0.15, 0.2) is 4.99 Å². The maximum absolute atomic E-state index is 5.45. The molecule has 0 fully saturated rings. The summed E-state index contributed by atoms with van der Waals surface area (Å²) in [6.07, 6.45) is 5.84. The number of unbranched alkanes of at least 4 members (excludes halogenated alkanes) is 1. The molecule has 1 unspecified atom stereocenters. The molecule has 146 valence electrons. The molecular weight excluding hydrogens is 417 g/mol. The zero-order valence-electron chi connectivity index (χ0n) is 16.4. The Morgan fingerprint density at radius 1 is 1.00 bits per heavy atom. The van der Waals surface area contributed by atoms with Gasteiger partial charge in [0.2, 0.25) is 0 Å². The predicted molar refractivity (Wildman–Crippen MR) is 115 cm³/mol. The summed E-state index contributed by atoms with van der Waals surface area (Å²) in [5.74, 6) is 1.72. The highest BCUT2D eigenvalue weighted by Gasteiger charge is 2.05. The highest BCUT2D eigenvalue weighted by molar-refractivity contribution is 14.0. The smallest absolute Gasteiger partial charge is 0.191 e. The van der Waals surface area contributed by atoms with E-state index in [1.807, 2.05) is 0 Å². The van der Waals surface area contributed by atoms with Crippen molar-refractivity contribution in [2.45, 2.75) is 65.8 Å². The third kappa shape index (κ3) is 18.3. The lowest BCUT2D eigenvalue weighted by Gasteiger charge is -2.18. The monoisotopic (exact) mass is 457 g/mol. The fraction of sp³-hybridized carbons (Fsp3) is 0.944. The van der Waals surface area contributed by atoms with Crippen molar-refractivity contribution in [3.63, 3.8) is 0 Å². The second-order valence-electron chi connectivity index (χ2n) is 6.44. The van der Waals surface area contributed by atoms with Gasteiger partial charge in [-0.15, -0.1) is 24.0 Å². The molecule has 2 N–H and O–H groups in total. The lowest BCUT2D eigenvalue weighted by molar-refractivity contribution is 0.0690. The Kier molecular flexibility index (Phi) is 21.0. The fourth-order valence-electron chi connectivity index (χ4n) is 2.21. The highest BCUT2D eigenvalue weighted by atomic mass is 127. The number of hydrogen-bond donors (Lipinski definition) is 2. The SMILES string of the molecule is CCNC(=NCCCCOCCOC)NC(C)CCCC(C)C.I. The molecule has 0 aromatic carbocycles. The van der Waals surface area contributed by atoms with E-state index in [4.69, 9.17) is 9.47 Å². The minimum Gasteiger partial charge on any atom is -0.382 e. The van der Waals surface area contributed by atoms with Crippen molar-refractivity contribution in [2.75, 3.05) is 40.0 Å². The van der Waals surface area contributed by atoms with E-state index in [1.54, 1.807) is 7.11 Å². The van der Waals surface area contributed by atoms with E-state index in [0.717, 1.165) is 44.4 Å². The predicted octanol–water partition coefficient (Wildman–Crippen LogP) is 3.82. The lowest BCUT2D eigenvalue weighted by Crippen LogP contribution is -2.42. The maximum atomic E-state index is 5.45. The Bertz CT molecular complexity index is 289. The molecule has 0 rings (SSSR count). The average Bonchev–Trinajstić information content (AvgIpc) is 2.49. The molecule has 0 aromatic heterocycles. The summed E-state index contributed by atoms with van der Waals surface area (Å²) in [4.78, 5) is 4.64. The molecule has 0 saturated heterocycles. The highest BCUT2D eigenvalue weighted by Crippen LogP contribution is 2.08. The molecule has 1 atom stereocenters.